The third-order valence-corrected chi connectivity index (χ3v) is 8.58. The van der Waals surface area contributed by atoms with Crippen LogP contribution in [0.5, 0.6) is 5.75 Å². The van der Waals surface area contributed by atoms with Crippen molar-refractivity contribution in [2.75, 3.05) is 11.9 Å². The van der Waals surface area contributed by atoms with Gasteiger partial charge in [0, 0.05) is 52.9 Å². The lowest BCUT2D eigenvalue weighted by Gasteiger charge is -2.14. The fraction of sp³-hybridized carbons (Fsp3) is 0.121. The van der Waals surface area contributed by atoms with Crippen LogP contribution in [0.25, 0.3) is 22.2 Å². The van der Waals surface area contributed by atoms with Gasteiger partial charge >= 0.3 is 0 Å². The SMILES string of the molecule is O=S(=O)=CN(CCc1ccccn1)Cc1nc(-c2cc3c(Nc4ccc(OCc5cccc(F)c5)c(Cl)c4)ncnc3cc2F)cs1. The Kier molecular flexibility index (Phi) is 10.1. The van der Waals surface area contributed by atoms with Crippen LogP contribution in [0, 0.1) is 11.6 Å². The maximum absolute atomic E-state index is 15.4. The zero-order valence-corrected chi connectivity index (χ0v) is 26.9. The highest BCUT2D eigenvalue weighted by molar-refractivity contribution is 7.71. The maximum Gasteiger partial charge on any atom is 0.225 e. The summed E-state index contributed by atoms with van der Waals surface area (Å²) >= 11 is 7.78. The Morgan fingerprint density at radius 2 is 1.89 bits per heavy atom. The van der Waals surface area contributed by atoms with Gasteiger partial charge < -0.3 is 10.1 Å². The van der Waals surface area contributed by atoms with Crippen molar-refractivity contribution in [2.24, 2.45) is 0 Å². The van der Waals surface area contributed by atoms with Gasteiger partial charge in [-0.2, -0.15) is 8.42 Å². The normalized spacial score (nSPS) is 11.1. The molecule has 9 nitrogen and oxygen atoms in total. The molecule has 3 aromatic heterocycles. The highest BCUT2D eigenvalue weighted by atomic mass is 35.5. The number of nitrogens with one attached hydrogen (secondary N) is 1. The van der Waals surface area contributed by atoms with E-state index in [4.69, 9.17) is 16.3 Å². The van der Waals surface area contributed by atoms with Crippen LogP contribution in [-0.4, -0.2) is 45.3 Å². The molecule has 1 N–H and O–H groups in total. The monoisotopic (exact) mass is 690 g/mol. The van der Waals surface area contributed by atoms with Gasteiger partial charge in [0.1, 0.15) is 46.6 Å². The lowest BCUT2D eigenvalue weighted by atomic mass is 10.1. The second kappa shape index (κ2) is 14.7. The number of benzene rings is 3. The summed E-state index contributed by atoms with van der Waals surface area (Å²) in [6, 6.07) is 19.7. The minimum atomic E-state index is -2.41. The second-order valence-electron chi connectivity index (χ2n) is 10.3. The molecule has 14 heteroatoms. The highest BCUT2D eigenvalue weighted by Crippen LogP contribution is 2.34. The van der Waals surface area contributed by atoms with Gasteiger partial charge in [0.15, 0.2) is 0 Å². The van der Waals surface area contributed by atoms with Crippen LogP contribution in [0.2, 0.25) is 5.02 Å². The molecule has 3 aromatic carbocycles. The number of aromatic nitrogens is 4. The van der Waals surface area contributed by atoms with Gasteiger partial charge in [-0.1, -0.05) is 29.8 Å². The first-order valence-electron chi connectivity index (χ1n) is 14.2. The van der Waals surface area contributed by atoms with Gasteiger partial charge in [-0.3, -0.25) is 9.88 Å². The van der Waals surface area contributed by atoms with E-state index in [0.29, 0.717) is 62.4 Å². The molecule has 0 saturated heterocycles. The first-order valence-corrected chi connectivity index (χ1v) is 16.6. The highest BCUT2D eigenvalue weighted by Gasteiger charge is 2.16. The molecule has 0 saturated carbocycles. The summed E-state index contributed by atoms with van der Waals surface area (Å²) in [6.07, 6.45) is 3.56. The summed E-state index contributed by atoms with van der Waals surface area (Å²) in [7, 11) is -2.41. The molecule has 0 atom stereocenters. The third-order valence-electron chi connectivity index (χ3n) is 6.98. The smallest absolute Gasteiger partial charge is 0.225 e. The van der Waals surface area contributed by atoms with Gasteiger partial charge in [0.2, 0.25) is 10.3 Å². The Hall–Kier alpha value is -4.82. The summed E-state index contributed by atoms with van der Waals surface area (Å²) < 4.78 is 57.6. The van der Waals surface area contributed by atoms with Crippen LogP contribution in [0.1, 0.15) is 16.3 Å². The van der Waals surface area contributed by atoms with E-state index in [-0.39, 0.29) is 24.5 Å². The van der Waals surface area contributed by atoms with Crippen molar-refractivity contribution in [3.8, 4) is 17.0 Å². The molecule has 3 heterocycles. The first kappa shape index (κ1) is 32.1. The number of halogens is 3. The number of fused-ring (bicyclic) bond motifs is 1. The molecule has 0 amide bonds. The third kappa shape index (κ3) is 8.32. The molecular weight excluding hydrogens is 666 g/mol. The van der Waals surface area contributed by atoms with Crippen LogP contribution in [0.15, 0.2) is 90.7 Å². The molecule has 0 fully saturated rings. The van der Waals surface area contributed by atoms with Crippen LogP contribution in [-0.2, 0) is 29.9 Å². The number of rotatable bonds is 12. The van der Waals surface area contributed by atoms with Gasteiger partial charge in [0.05, 0.1) is 22.8 Å². The predicted molar refractivity (Wildman–Crippen MR) is 179 cm³/mol. The zero-order valence-electron chi connectivity index (χ0n) is 24.5. The summed E-state index contributed by atoms with van der Waals surface area (Å²) in [4.78, 5) is 19.1. The van der Waals surface area contributed by atoms with E-state index in [1.807, 2.05) is 18.2 Å². The van der Waals surface area contributed by atoms with E-state index in [9.17, 15) is 12.8 Å². The zero-order chi connectivity index (χ0) is 32.8. The van der Waals surface area contributed by atoms with E-state index in [0.717, 1.165) is 11.2 Å². The number of hydrogen-bond donors (Lipinski definition) is 1. The summed E-state index contributed by atoms with van der Waals surface area (Å²) in [5.74, 6) is -0.0166. The molecular formula is C33H25ClF2N6O3S2. The van der Waals surface area contributed by atoms with Crippen molar-refractivity contribution in [1.82, 2.24) is 24.8 Å². The molecule has 47 heavy (non-hydrogen) atoms. The summed E-state index contributed by atoms with van der Waals surface area (Å²) in [5.41, 5.74) is 4.25. The Morgan fingerprint density at radius 3 is 2.68 bits per heavy atom. The molecule has 0 spiro atoms. The molecule has 238 valence electrons. The van der Waals surface area contributed by atoms with E-state index in [2.05, 4.69) is 25.3 Å². The van der Waals surface area contributed by atoms with Gasteiger partial charge in [-0.25, -0.2) is 23.7 Å². The standard InChI is InChI=1S/C33H25ClF2N6O3S2/c34-27-13-24(7-8-31(27)45-17-21-4-3-5-22(35)12-21)40-33-26-14-25(28(36)15-29(26)38-19-39-33)30-18-46-32(41-30)16-42(20-47(43)44)11-9-23-6-1-2-10-37-23/h1-8,10,12-15,18-20H,9,11,16-17H2,(H,38,39,40). The fourth-order valence-corrected chi connectivity index (χ4v) is 6.25. The summed E-state index contributed by atoms with van der Waals surface area (Å²) in [6.45, 7) is 0.771. The number of ether oxygens (including phenoxy) is 1. The number of anilines is 2. The van der Waals surface area contributed by atoms with Crippen LogP contribution >= 0.6 is 22.9 Å². The molecule has 0 bridgehead atoms. The Morgan fingerprint density at radius 1 is 1.00 bits per heavy atom. The van der Waals surface area contributed by atoms with Crippen molar-refractivity contribution in [1.29, 1.82) is 0 Å². The minimum absolute atomic E-state index is 0.146. The average molecular weight is 691 g/mol. The largest absolute Gasteiger partial charge is 0.487 e. The Balaban J connectivity index is 1.20. The molecule has 0 aliphatic carbocycles. The van der Waals surface area contributed by atoms with E-state index >= 15 is 4.39 Å². The molecule has 0 unspecified atom stereocenters. The maximum atomic E-state index is 15.4. The number of pyridine rings is 1. The van der Waals surface area contributed by atoms with E-state index in [1.54, 1.807) is 52.9 Å². The number of thiazole rings is 1. The second-order valence-corrected chi connectivity index (χ2v) is 12.4. The van der Waals surface area contributed by atoms with Crippen molar-refractivity contribution >= 4 is 61.1 Å². The molecule has 6 aromatic rings. The van der Waals surface area contributed by atoms with Crippen LogP contribution < -0.4 is 10.1 Å². The molecule has 6 rings (SSSR count). The molecule has 0 aliphatic heterocycles. The Bertz CT molecular complexity index is 2180. The van der Waals surface area contributed by atoms with E-state index in [1.165, 1.54) is 35.9 Å². The van der Waals surface area contributed by atoms with E-state index < -0.39 is 16.1 Å². The summed E-state index contributed by atoms with van der Waals surface area (Å²) in [5, 5.41) is 6.43. The van der Waals surface area contributed by atoms with Crippen molar-refractivity contribution in [3.05, 3.63) is 124 Å². The van der Waals surface area contributed by atoms with Gasteiger partial charge in [0.25, 0.3) is 0 Å². The lowest BCUT2D eigenvalue weighted by Crippen LogP contribution is -2.24. The number of hydrogen-bond acceptors (Lipinski definition) is 9. The minimum Gasteiger partial charge on any atom is -0.487 e. The quantitative estimate of drug-likeness (QED) is 0.135. The fourth-order valence-electron chi connectivity index (χ4n) is 4.77. The predicted octanol–water partition coefficient (Wildman–Crippen LogP) is 7.09. The topological polar surface area (TPSA) is 110 Å². The van der Waals surface area contributed by atoms with Gasteiger partial charge in [-0.15, -0.1) is 11.3 Å². The first-order chi connectivity index (χ1) is 22.8. The van der Waals surface area contributed by atoms with Crippen molar-refractivity contribution < 1.29 is 21.9 Å². The van der Waals surface area contributed by atoms with Crippen molar-refractivity contribution in [2.45, 2.75) is 19.6 Å². The van der Waals surface area contributed by atoms with Gasteiger partial charge in [-0.05, 0) is 54.1 Å². The van der Waals surface area contributed by atoms with Crippen molar-refractivity contribution in [3.63, 3.8) is 0 Å². The lowest BCUT2D eigenvalue weighted by molar-refractivity contribution is 0.306. The number of nitrogens with zero attached hydrogens (tertiary/aromatic N) is 5. The van der Waals surface area contributed by atoms with Crippen LogP contribution in [0.4, 0.5) is 20.3 Å². The Labute approximate surface area is 279 Å². The molecule has 0 aliphatic rings. The molecule has 0 radical (unpaired) electrons. The van der Waals surface area contributed by atoms with Crippen LogP contribution in [0.3, 0.4) is 0 Å². The average Bonchev–Trinajstić information content (AvgIpc) is 3.51.